The molecule has 0 spiro atoms. The van der Waals surface area contributed by atoms with Crippen molar-refractivity contribution in [1.82, 2.24) is 10.6 Å². The fraction of sp³-hybridized carbons (Fsp3) is 0.947. The fourth-order valence-corrected chi connectivity index (χ4v) is 4.04. The minimum Gasteiger partial charge on any atom is -0.373 e. The highest BCUT2D eigenvalue weighted by Crippen LogP contribution is 2.31. The molecule has 0 aromatic carbocycles. The molecule has 2 aliphatic rings. The molecule has 1 saturated carbocycles. The van der Waals surface area contributed by atoms with Gasteiger partial charge in [0.1, 0.15) is 0 Å². The van der Waals surface area contributed by atoms with Crippen molar-refractivity contribution < 1.29 is 9.53 Å². The molecule has 1 saturated heterocycles. The van der Waals surface area contributed by atoms with Gasteiger partial charge in [0.15, 0.2) is 0 Å². The van der Waals surface area contributed by atoms with Gasteiger partial charge in [0.05, 0.1) is 5.60 Å². The molecule has 0 radical (unpaired) electrons. The van der Waals surface area contributed by atoms with Crippen LogP contribution in [0, 0.1) is 11.8 Å². The third kappa shape index (κ3) is 6.07. The van der Waals surface area contributed by atoms with Crippen LogP contribution in [0.5, 0.6) is 0 Å². The number of nitrogens with one attached hydrogen (secondary N) is 2. The summed E-state index contributed by atoms with van der Waals surface area (Å²) in [5, 5.41) is 6.64. The van der Waals surface area contributed by atoms with Crippen LogP contribution in [0.15, 0.2) is 0 Å². The van der Waals surface area contributed by atoms with Gasteiger partial charge >= 0.3 is 0 Å². The van der Waals surface area contributed by atoms with E-state index in [1.165, 1.54) is 32.1 Å². The van der Waals surface area contributed by atoms with Crippen LogP contribution in [-0.2, 0) is 9.53 Å². The second-order valence-corrected chi connectivity index (χ2v) is 7.66. The summed E-state index contributed by atoms with van der Waals surface area (Å²) < 4.78 is 6.17. The van der Waals surface area contributed by atoms with Crippen molar-refractivity contribution in [1.29, 1.82) is 0 Å². The lowest BCUT2D eigenvalue weighted by Gasteiger charge is -2.37. The Kier molecular flexibility index (Phi) is 7.84. The van der Waals surface area contributed by atoms with Crippen molar-refractivity contribution in [2.45, 2.75) is 77.2 Å². The molecule has 2 unspecified atom stereocenters. The summed E-state index contributed by atoms with van der Waals surface area (Å²) in [5.74, 6) is 1.31. The molecule has 134 valence electrons. The molecule has 4 heteroatoms. The number of piperidine rings is 1. The van der Waals surface area contributed by atoms with Crippen molar-refractivity contribution in [3.8, 4) is 0 Å². The van der Waals surface area contributed by atoms with Crippen LogP contribution in [-0.4, -0.2) is 37.7 Å². The van der Waals surface area contributed by atoms with Gasteiger partial charge in [0.25, 0.3) is 0 Å². The van der Waals surface area contributed by atoms with E-state index in [1.807, 2.05) is 0 Å². The molecule has 2 rings (SSSR count). The van der Waals surface area contributed by atoms with Crippen molar-refractivity contribution in [2.75, 3.05) is 26.2 Å². The SMILES string of the molecule is CCCOC1(CNC(=O)CC(C)C2CCCNC2)CCCCC1. The van der Waals surface area contributed by atoms with Gasteiger partial charge in [-0.2, -0.15) is 0 Å². The lowest BCUT2D eigenvalue weighted by atomic mass is 9.83. The number of hydrogen-bond donors (Lipinski definition) is 2. The second-order valence-electron chi connectivity index (χ2n) is 7.66. The molecule has 2 fully saturated rings. The van der Waals surface area contributed by atoms with Crippen LogP contribution in [0.2, 0.25) is 0 Å². The molecule has 0 aromatic rings. The predicted octanol–water partition coefficient (Wildman–Crippen LogP) is 3.26. The van der Waals surface area contributed by atoms with Crippen molar-refractivity contribution in [3.63, 3.8) is 0 Å². The Morgan fingerprint density at radius 2 is 2.09 bits per heavy atom. The first-order valence-electron chi connectivity index (χ1n) is 9.76. The maximum absolute atomic E-state index is 12.4. The summed E-state index contributed by atoms with van der Waals surface area (Å²) >= 11 is 0. The molecule has 1 aliphatic carbocycles. The van der Waals surface area contributed by atoms with Gasteiger partial charge in [-0.25, -0.2) is 0 Å². The van der Waals surface area contributed by atoms with Crippen molar-refractivity contribution in [2.24, 2.45) is 11.8 Å². The van der Waals surface area contributed by atoms with E-state index in [9.17, 15) is 4.79 Å². The first-order chi connectivity index (χ1) is 11.2. The Morgan fingerprint density at radius 3 is 2.74 bits per heavy atom. The summed E-state index contributed by atoms with van der Waals surface area (Å²) in [6.45, 7) is 8.07. The van der Waals surface area contributed by atoms with E-state index in [4.69, 9.17) is 4.74 Å². The third-order valence-corrected chi connectivity index (χ3v) is 5.63. The van der Waals surface area contributed by atoms with Gasteiger partial charge in [0.2, 0.25) is 5.91 Å². The zero-order valence-corrected chi connectivity index (χ0v) is 15.2. The topological polar surface area (TPSA) is 50.4 Å². The lowest BCUT2D eigenvalue weighted by Crippen LogP contribution is -2.47. The summed E-state index contributed by atoms with van der Waals surface area (Å²) in [4.78, 5) is 12.4. The lowest BCUT2D eigenvalue weighted by molar-refractivity contribution is -0.125. The van der Waals surface area contributed by atoms with E-state index in [-0.39, 0.29) is 11.5 Å². The van der Waals surface area contributed by atoms with E-state index in [1.54, 1.807) is 0 Å². The van der Waals surface area contributed by atoms with E-state index >= 15 is 0 Å². The summed E-state index contributed by atoms with van der Waals surface area (Å²) in [6, 6.07) is 0. The number of ether oxygens (including phenoxy) is 1. The molecule has 1 aliphatic heterocycles. The molecular formula is C19H36N2O2. The molecule has 4 nitrogen and oxygen atoms in total. The zero-order valence-electron chi connectivity index (χ0n) is 15.2. The smallest absolute Gasteiger partial charge is 0.220 e. The summed E-state index contributed by atoms with van der Waals surface area (Å²) in [6.07, 6.45) is 10.1. The molecule has 23 heavy (non-hydrogen) atoms. The summed E-state index contributed by atoms with van der Waals surface area (Å²) in [5.41, 5.74) is -0.0977. The zero-order chi connectivity index (χ0) is 16.5. The Hall–Kier alpha value is -0.610. The van der Waals surface area contributed by atoms with Gasteiger partial charge in [-0.05, 0) is 57.0 Å². The molecule has 0 bridgehead atoms. The first kappa shape index (κ1) is 18.7. The number of amides is 1. The van der Waals surface area contributed by atoms with Crippen LogP contribution >= 0.6 is 0 Å². The average Bonchev–Trinajstić information content (AvgIpc) is 2.60. The largest absolute Gasteiger partial charge is 0.373 e. The quantitative estimate of drug-likeness (QED) is 0.720. The molecule has 2 N–H and O–H groups in total. The van der Waals surface area contributed by atoms with Gasteiger partial charge in [0, 0.05) is 19.6 Å². The van der Waals surface area contributed by atoms with Crippen LogP contribution in [0.1, 0.15) is 71.6 Å². The van der Waals surface area contributed by atoms with Gasteiger partial charge in [-0.3, -0.25) is 4.79 Å². The first-order valence-corrected chi connectivity index (χ1v) is 9.76. The van der Waals surface area contributed by atoms with Crippen LogP contribution < -0.4 is 10.6 Å². The molecule has 2 atom stereocenters. The minimum atomic E-state index is -0.0977. The van der Waals surface area contributed by atoms with E-state index in [0.717, 1.165) is 39.0 Å². The fourth-order valence-electron chi connectivity index (χ4n) is 4.04. The summed E-state index contributed by atoms with van der Waals surface area (Å²) in [7, 11) is 0. The molecule has 1 amide bonds. The number of hydrogen-bond acceptors (Lipinski definition) is 3. The standard InChI is InChI=1S/C19H36N2O2/c1-3-12-23-19(9-5-4-6-10-19)15-21-18(22)13-16(2)17-8-7-11-20-14-17/h16-17,20H,3-15H2,1-2H3,(H,21,22). The van der Waals surface area contributed by atoms with Crippen LogP contribution in [0.25, 0.3) is 0 Å². The Labute approximate surface area is 142 Å². The highest BCUT2D eigenvalue weighted by atomic mass is 16.5. The molecule has 0 aromatic heterocycles. The minimum absolute atomic E-state index is 0.0977. The van der Waals surface area contributed by atoms with Gasteiger partial charge < -0.3 is 15.4 Å². The number of rotatable bonds is 8. The second kappa shape index (κ2) is 9.63. The average molecular weight is 325 g/mol. The predicted molar refractivity (Wildman–Crippen MR) is 94.4 cm³/mol. The van der Waals surface area contributed by atoms with Crippen LogP contribution in [0.3, 0.4) is 0 Å². The number of carbonyl (C=O) groups excluding carboxylic acids is 1. The van der Waals surface area contributed by atoms with E-state index in [2.05, 4.69) is 24.5 Å². The number of carbonyl (C=O) groups is 1. The van der Waals surface area contributed by atoms with Gasteiger partial charge in [-0.15, -0.1) is 0 Å². The van der Waals surface area contributed by atoms with E-state index < -0.39 is 0 Å². The maximum Gasteiger partial charge on any atom is 0.220 e. The van der Waals surface area contributed by atoms with Crippen LogP contribution in [0.4, 0.5) is 0 Å². The maximum atomic E-state index is 12.4. The van der Waals surface area contributed by atoms with Crippen molar-refractivity contribution in [3.05, 3.63) is 0 Å². The third-order valence-electron chi connectivity index (χ3n) is 5.63. The Morgan fingerprint density at radius 1 is 1.30 bits per heavy atom. The van der Waals surface area contributed by atoms with Crippen molar-refractivity contribution >= 4 is 5.91 Å². The monoisotopic (exact) mass is 324 g/mol. The molecule has 1 heterocycles. The highest BCUT2D eigenvalue weighted by molar-refractivity contribution is 5.76. The normalized spacial score (nSPS) is 25.7. The Bertz CT molecular complexity index is 347. The highest BCUT2D eigenvalue weighted by Gasteiger charge is 2.33. The molecular weight excluding hydrogens is 288 g/mol. The Balaban J connectivity index is 1.76. The van der Waals surface area contributed by atoms with Gasteiger partial charge in [-0.1, -0.05) is 33.1 Å². The van der Waals surface area contributed by atoms with E-state index in [0.29, 0.717) is 24.8 Å².